The Bertz CT molecular complexity index is 691. The molecule has 1 fully saturated rings. The Morgan fingerprint density at radius 3 is 2.65 bits per heavy atom. The summed E-state index contributed by atoms with van der Waals surface area (Å²) in [7, 11) is 1.81. The van der Waals surface area contributed by atoms with Crippen LogP contribution in [0.15, 0.2) is 30.3 Å². The molecule has 122 valence electrons. The van der Waals surface area contributed by atoms with E-state index in [1.54, 1.807) is 23.9 Å². The van der Waals surface area contributed by atoms with E-state index in [4.69, 9.17) is 0 Å². The summed E-state index contributed by atoms with van der Waals surface area (Å²) in [6, 6.07) is 8.75. The van der Waals surface area contributed by atoms with Crippen molar-refractivity contribution in [1.29, 1.82) is 0 Å². The van der Waals surface area contributed by atoms with E-state index in [9.17, 15) is 9.18 Å². The molecule has 1 aliphatic carbocycles. The number of aryl methyl sites for hydroxylation is 2. The molecular formula is C17H21FN4O. The van der Waals surface area contributed by atoms with E-state index in [0.717, 1.165) is 24.1 Å². The molecule has 1 aliphatic rings. The van der Waals surface area contributed by atoms with Crippen molar-refractivity contribution in [2.24, 2.45) is 7.05 Å². The van der Waals surface area contributed by atoms with Crippen LogP contribution in [0, 0.1) is 12.7 Å². The lowest BCUT2D eigenvalue weighted by Gasteiger charge is -2.21. The van der Waals surface area contributed by atoms with Crippen LogP contribution in [0.3, 0.4) is 0 Å². The average Bonchev–Trinajstić information content (AvgIpc) is 3.28. The number of halogens is 1. The average molecular weight is 316 g/mol. The van der Waals surface area contributed by atoms with E-state index in [1.807, 2.05) is 13.0 Å². The monoisotopic (exact) mass is 316 g/mol. The molecule has 1 saturated carbocycles. The molecule has 5 nitrogen and oxygen atoms in total. The van der Waals surface area contributed by atoms with Gasteiger partial charge in [-0.05, 0) is 37.5 Å². The number of rotatable bonds is 6. The highest BCUT2D eigenvalue weighted by Crippen LogP contribution is 2.28. The quantitative estimate of drug-likeness (QED) is 0.891. The Balaban J connectivity index is 1.61. The summed E-state index contributed by atoms with van der Waals surface area (Å²) in [5.41, 5.74) is 1.88. The van der Waals surface area contributed by atoms with Crippen LogP contribution >= 0.6 is 0 Å². The molecule has 0 bridgehead atoms. The van der Waals surface area contributed by atoms with Crippen molar-refractivity contribution < 1.29 is 9.18 Å². The number of hydrogen-bond acceptors (Lipinski definition) is 3. The van der Waals surface area contributed by atoms with Crippen LogP contribution in [0.25, 0.3) is 0 Å². The molecule has 0 radical (unpaired) electrons. The van der Waals surface area contributed by atoms with E-state index in [0.29, 0.717) is 24.9 Å². The number of amides is 1. The first-order chi connectivity index (χ1) is 11.0. The molecule has 1 aromatic carbocycles. The standard InChI is InChI=1S/C17H21FN4O/c1-12-9-16(21(2)20-12)19-17(23)11-22(15-7-8-15)10-13-3-5-14(18)6-4-13/h3-6,9,15H,7-8,10-11H2,1-2H3,(H,19,23). The Labute approximate surface area is 135 Å². The van der Waals surface area contributed by atoms with E-state index >= 15 is 0 Å². The topological polar surface area (TPSA) is 50.2 Å². The molecule has 0 spiro atoms. The van der Waals surface area contributed by atoms with Gasteiger partial charge in [0.05, 0.1) is 12.2 Å². The Hall–Kier alpha value is -2.21. The number of hydrogen-bond donors (Lipinski definition) is 1. The van der Waals surface area contributed by atoms with Crippen LogP contribution in [0.2, 0.25) is 0 Å². The van der Waals surface area contributed by atoms with Crippen molar-refractivity contribution in [3.05, 3.63) is 47.4 Å². The van der Waals surface area contributed by atoms with Crippen molar-refractivity contribution >= 4 is 11.7 Å². The minimum atomic E-state index is -0.240. The number of carbonyl (C=O) groups excluding carboxylic acids is 1. The van der Waals surface area contributed by atoms with Gasteiger partial charge in [-0.25, -0.2) is 4.39 Å². The van der Waals surface area contributed by atoms with Crippen LogP contribution in [0.1, 0.15) is 24.1 Å². The number of aromatic nitrogens is 2. The largest absolute Gasteiger partial charge is 0.310 e. The minimum absolute atomic E-state index is 0.0537. The summed E-state index contributed by atoms with van der Waals surface area (Å²) < 4.78 is 14.7. The Morgan fingerprint density at radius 1 is 1.39 bits per heavy atom. The molecule has 2 aromatic rings. The zero-order valence-corrected chi connectivity index (χ0v) is 13.4. The summed E-state index contributed by atoms with van der Waals surface area (Å²) in [6.45, 7) is 2.87. The third-order valence-electron chi connectivity index (χ3n) is 3.98. The van der Waals surface area contributed by atoms with Gasteiger partial charge in [-0.15, -0.1) is 0 Å². The fraction of sp³-hybridized carbons (Fsp3) is 0.412. The molecule has 1 heterocycles. The summed E-state index contributed by atoms with van der Waals surface area (Å²) in [5.74, 6) is 0.406. The predicted octanol–water partition coefficient (Wildman–Crippen LogP) is 2.47. The van der Waals surface area contributed by atoms with Gasteiger partial charge in [-0.3, -0.25) is 14.4 Å². The molecule has 3 rings (SSSR count). The predicted molar refractivity (Wildman–Crippen MR) is 86.4 cm³/mol. The Morgan fingerprint density at radius 2 is 2.09 bits per heavy atom. The van der Waals surface area contributed by atoms with Crippen LogP contribution in [-0.4, -0.2) is 33.2 Å². The smallest absolute Gasteiger partial charge is 0.239 e. The van der Waals surface area contributed by atoms with Crippen molar-refractivity contribution in [3.8, 4) is 0 Å². The van der Waals surface area contributed by atoms with Crippen molar-refractivity contribution in [2.45, 2.75) is 32.4 Å². The number of nitrogens with one attached hydrogen (secondary N) is 1. The molecule has 1 N–H and O–H groups in total. The number of anilines is 1. The van der Waals surface area contributed by atoms with Crippen molar-refractivity contribution in [1.82, 2.24) is 14.7 Å². The van der Waals surface area contributed by atoms with Gasteiger partial charge >= 0.3 is 0 Å². The van der Waals surface area contributed by atoms with Crippen molar-refractivity contribution in [2.75, 3.05) is 11.9 Å². The second-order valence-electron chi connectivity index (χ2n) is 6.11. The van der Waals surface area contributed by atoms with Gasteiger partial charge in [-0.2, -0.15) is 5.10 Å². The highest BCUT2D eigenvalue weighted by atomic mass is 19.1. The summed E-state index contributed by atoms with van der Waals surface area (Å²) in [5, 5.41) is 7.12. The molecule has 0 unspecified atom stereocenters. The van der Waals surface area contributed by atoms with Gasteiger partial charge in [0.1, 0.15) is 11.6 Å². The van der Waals surface area contributed by atoms with Gasteiger partial charge < -0.3 is 5.32 Å². The van der Waals surface area contributed by atoms with E-state index in [-0.39, 0.29) is 11.7 Å². The third-order valence-corrected chi connectivity index (χ3v) is 3.98. The van der Waals surface area contributed by atoms with Gasteiger partial charge in [0.25, 0.3) is 0 Å². The second kappa shape index (κ2) is 6.50. The Kier molecular flexibility index (Phi) is 4.43. The maximum Gasteiger partial charge on any atom is 0.239 e. The highest BCUT2D eigenvalue weighted by molar-refractivity contribution is 5.91. The summed E-state index contributed by atoms with van der Waals surface area (Å²) in [6.07, 6.45) is 2.22. The van der Waals surface area contributed by atoms with Crippen LogP contribution in [0.4, 0.5) is 10.2 Å². The maximum absolute atomic E-state index is 13.0. The molecule has 23 heavy (non-hydrogen) atoms. The normalized spacial score (nSPS) is 14.3. The van der Waals surface area contributed by atoms with Crippen molar-refractivity contribution in [3.63, 3.8) is 0 Å². The first-order valence-electron chi connectivity index (χ1n) is 7.80. The van der Waals surface area contributed by atoms with Gasteiger partial charge in [0, 0.05) is 25.7 Å². The molecule has 0 aliphatic heterocycles. The number of benzene rings is 1. The SMILES string of the molecule is Cc1cc(NC(=O)CN(Cc2ccc(F)cc2)C2CC2)n(C)n1. The number of carbonyl (C=O) groups is 1. The zero-order valence-electron chi connectivity index (χ0n) is 13.4. The van der Waals surface area contributed by atoms with Crippen LogP contribution < -0.4 is 5.32 Å². The fourth-order valence-electron chi connectivity index (χ4n) is 2.67. The third kappa shape index (κ3) is 4.16. The van der Waals surface area contributed by atoms with E-state index in [1.165, 1.54) is 12.1 Å². The zero-order chi connectivity index (χ0) is 16.4. The van der Waals surface area contributed by atoms with Gasteiger partial charge in [-0.1, -0.05) is 12.1 Å². The first kappa shape index (κ1) is 15.7. The summed E-state index contributed by atoms with van der Waals surface area (Å²) >= 11 is 0. The van der Waals surface area contributed by atoms with E-state index < -0.39 is 0 Å². The molecule has 0 atom stereocenters. The molecule has 0 saturated heterocycles. The van der Waals surface area contributed by atoms with Crippen LogP contribution in [-0.2, 0) is 18.4 Å². The van der Waals surface area contributed by atoms with Crippen LogP contribution in [0.5, 0.6) is 0 Å². The lowest BCUT2D eigenvalue weighted by Crippen LogP contribution is -2.34. The lowest BCUT2D eigenvalue weighted by molar-refractivity contribution is -0.117. The van der Waals surface area contributed by atoms with E-state index in [2.05, 4.69) is 15.3 Å². The fourth-order valence-corrected chi connectivity index (χ4v) is 2.67. The minimum Gasteiger partial charge on any atom is -0.310 e. The summed E-state index contributed by atoms with van der Waals surface area (Å²) in [4.78, 5) is 14.5. The van der Waals surface area contributed by atoms with Gasteiger partial charge in [0.15, 0.2) is 0 Å². The first-order valence-corrected chi connectivity index (χ1v) is 7.80. The lowest BCUT2D eigenvalue weighted by atomic mass is 10.2. The molecule has 1 amide bonds. The molecule has 6 heteroatoms. The molecular weight excluding hydrogens is 295 g/mol. The van der Waals surface area contributed by atoms with Gasteiger partial charge in [0.2, 0.25) is 5.91 Å². The number of nitrogens with zero attached hydrogens (tertiary/aromatic N) is 3. The maximum atomic E-state index is 13.0. The second-order valence-corrected chi connectivity index (χ2v) is 6.11. The highest BCUT2D eigenvalue weighted by Gasteiger charge is 2.30. The molecule has 1 aromatic heterocycles.